The molecule has 1 aromatic carbocycles. The van der Waals surface area contributed by atoms with Crippen LogP contribution in [0.3, 0.4) is 0 Å². The average Bonchev–Trinajstić information content (AvgIpc) is 2.42. The monoisotopic (exact) mass is 288 g/mol. The lowest BCUT2D eigenvalue weighted by molar-refractivity contribution is -0.137. The molecule has 1 aromatic rings. The minimum Gasteiger partial charge on any atom is -0.496 e. The summed E-state index contributed by atoms with van der Waals surface area (Å²) in [6, 6.07) is 3.38. The van der Waals surface area contributed by atoms with E-state index in [1.54, 1.807) is 12.1 Å². The average molecular weight is 289 g/mol. The summed E-state index contributed by atoms with van der Waals surface area (Å²) in [6.45, 7) is 0. The highest BCUT2D eigenvalue weighted by molar-refractivity contribution is 6.21. The Bertz CT molecular complexity index is 447. The fourth-order valence-corrected chi connectivity index (χ4v) is 1.98. The molecule has 0 fully saturated rings. The summed E-state index contributed by atoms with van der Waals surface area (Å²) in [7, 11) is 4.57. The molecule has 0 amide bonds. The predicted octanol–water partition coefficient (Wildman–Crippen LogP) is 2.86. The SMILES string of the molecule is COc1cc(OC)c(C(Cl)CCC(=O)O)cc1OC. The minimum absolute atomic E-state index is 0.00827. The van der Waals surface area contributed by atoms with Crippen molar-refractivity contribution in [1.82, 2.24) is 0 Å². The molecule has 0 aromatic heterocycles. The molecular weight excluding hydrogens is 272 g/mol. The standard InChI is InChI=1S/C13H17ClO5/c1-17-10-7-12(19-3)11(18-2)6-8(10)9(14)4-5-13(15)16/h6-7,9H,4-5H2,1-3H3,(H,15,16). The van der Waals surface area contributed by atoms with Crippen LogP contribution in [-0.4, -0.2) is 32.4 Å². The van der Waals surface area contributed by atoms with Gasteiger partial charge in [0.2, 0.25) is 0 Å². The maximum Gasteiger partial charge on any atom is 0.303 e. The quantitative estimate of drug-likeness (QED) is 0.782. The van der Waals surface area contributed by atoms with Gasteiger partial charge in [0.15, 0.2) is 11.5 Å². The zero-order chi connectivity index (χ0) is 14.4. The largest absolute Gasteiger partial charge is 0.496 e. The lowest BCUT2D eigenvalue weighted by atomic mass is 10.1. The van der Waals surface area contributed by atoms with Crippen molar-refractivity contribution in [2.24, 2.45) is 0 Å². The van der Waals surface area contributed by atoms with Crippen LogP contribution < -0.4 is 14.2 Å². The summed E-state index contributed by atoms with van der Waals surface area (Å²) in [6.07, 6.45) is 0.300. The van der Waals surface area contributed by atoms with Crippen LogP contribution in [0.1, 0.15) is 23.8 Å². The van der Waals surface area contributed by atoms with Gasteiger partial charge in [-0.1, -0.05) is 0 Å². The van der Waals surface area contributed by atoms with Gasteiger partial charge in [-0.2, -0.15) is 0 Å². The Kier molecular flexibility index (Phi) is 5.76. The van der Waals surface area contributed by atoms with E-state index in [1.807, 2.05) is 0 Å². The van der Waals surface area contributed by atoms with E-state index in [0.717, 1.165) is 0 Å². The summed E-state index contributed by atoms with van der Waals surface area (Å²) in [5, 5.41) is 8.22. The molecule has 0 aliphatic carbocycles. The van der Waals surface area contributed by atoms with Gasteiger partial charge in [0.05, 0.1) is 26.7 Å². The lowest BCUT2D eigenvalue weighted by Gasteiger charge is -2.17. The molecule has 0 spiro atoms. The number of methoxy groups -OCH3 is 3. The first-order valence-corrected chi connectivity index (χ1v) is 6.12. The molecule has 6 heteroatoms. The first-order chi connectivity index (χ1) is 9.03. The molecule has 1 atom stereocenters. The summed E-state index contributed by atoms with van der Waals surface area (Å²) < 4.78 is 15.6. The van der Waals surface area contributed by atoms with E-state index < -0.39 is 11.3 Å². The zero-order valence-corrected chi connectivity index (χ0v) is 11.9. The van der Waals surface area contributed by atoms with Crippen molar-refractivity contribution < 1.29 is 24.1 Å². The number of aliphatic carboxylic acids is 1. The van der Waals surface area contributed by atoms with Crippen LogP contribution in [0.4, 0.5) is 0 Å². The molecule has 106 valence electrons. The van der Waals surface area contributed by atoms with E-state index >= 15 is 0 Å². The van der Waals surface area contributed by atoms with Crippen molar-refractivity contribution in [1.29, 1.82) is 0 Å². The van der Waals surface area contributed by atoms with Gasteiger partial charge in [-0.05, 0) is 12.5 Å². The topological polar surface area (TPSA) is 65.0 Å². The molecule has 19 heavy (non-hydrogen) atoms. The summed E-state index contributed by atoms with van der Waals surface area (Å²) in [4.78, 5) is 10.6. The smallest absolute Gasteiger partial charge is 0.303 e. The van der Waals surface area contributed by atoms with Gasteiger partial charge in [-0.3, -0.25) is 4.79 Å². The summed E-state index contributed by atoms with van der Waals surface area (Å²) >= 11 is 6.22. The predicted molar refractivity (Wildman–Crippen MR) is 71.6 cm³/mol. The highest BCUT2D eigenvalue weighted by Crippen LogP contribution is 2.40. The maximum absolute atomic E-state index is 10.6. The summed E-state index contributed by atoms with van der Waals surface area (Å²) in [5.74, 6) is 0.720. The number of ether oxygens (including phenoxy) is 3. The summed E-state index contributed by atoms with van der Waals surface area (Å²) in [5.41, 5.74) is 0.683. The number of benzene rings is 1. The number of alkyl halides is 1. The Morgan fingerprint density at radius 3 is 2.16 bits per heavy atom. The van der Waals surface area contributed by atoms with Crippen molar-refractivity contribution in [3.63, 3.8) is 0 Å². The lowest BCUT2D eigenvalue weighted by Crippen LogP contribution is -2.02. The van der Waals surface area contributed by atoms with Gasteiger partial charge in [0, 0.05) is 18.1 Å². The van der Waals surface area contributed by atoms with E-state index in [1.165, 1.54) is 21.3 Å². The number of hydrogen-bond donors (Lipinski definition) is 1. The molecule has 0 bridgehead atoms. The molecule has 0 aliphatic rings. The second-order valence-corrected chi connectivity index (χ2v) is 4.38. The van der Waals surface area contributed by atoms with Gasteiger partial charge in [-0.15, -0.1) is 11.6 Å². The van der Waals surface area contributed by atoms with E-state index in [-0.39, 0.29) is 6.42 Å². The van der Waals surface area contributed by atoms with Crippen molar-refractivity contribution in [2.75, 3.05) is 21.3 Å². The third kappa shape index (κ3) is 3.92. The molecule has 0 heterocycles. The van der Waals surface area contributed by atoms with Crippen LogP contribution in [0.2, 0.25) is 0 Å². The number of halogens is 1. The first-order valence-electron chi connectivity index (χ1n) is 5.69. The third-order valence-corrected chi connectivity index (χ3v) is 3.14. The number of carbonyl (C=O) groups is 1. The molecule has 0 radical (unpaired) electrons. The van der Waals surface area contributed by atoms with Crippen molar-refractivity contribution in [2.45, 2.75) is 18.2 Å². The minimum atomic E-state index is -0.884. The van der Waals surface area contributed by atoms with Gasteiger partial charge >= 0.3 is 5.97 Å². The van der Waals surface area contributed by atoms with Crippen LogP contribution >= 0.6 is 11.6 Å². The van der Waals surface area contributed by atoms with E-state index in [4.69, 9.17) is 30.9 Å². The maximum atomic E-state index is 10.6. The van der Waals surface area contributed by atoms with Crippen LogP contribution in [0.25, 0.3) is 0 Å². The van der Waals surface area contributed by atoms with E-state index in [0.29, 0.717) is 29.2 Å². The second kappa shape index (κ2) is 7.09. The fourth-order valence-electron chi connectivity index (χ4n) is 1.70. The number of carboxylic acids is 1. The van der Waals surface area contributed by atoms with Gasteiger partial charge < -0.3 is 19.3 Å². The Morgan fingerprint density at radius 2 is 1.68 bits per heavy atom. The fraction of sp³-hybridized carbons (Fsp3) is 0.462. The Morgan fingerprint density at radius 1 is 1.16 bits per heavy atom. The van der Waals surface area contributed by atoms with Crippen LogP contribution in [0, 0.1) is 0 Å². The molecule has 0 saturated heterocycles. The highest BCUT2D eigenvalue weighted by Gasteiger charge is 2.19. The van der Waals surface area contributed by atoms with E-state index in [2.05, 4.69) is 0 Å². The molecule has 1 rings (SSSR count). The zero-order valence-electron chi connectivity index (χ0n) is 11.1. The third-order valence-electron chi connectivity index (χ3n) is 2.69. The molecule has 0 saturated carbocycles. The molecule has 1 N–H and O–H groups in total. The van der Waals surface area contributed by atoms with Gasteiger partial charge in [-0.25, -0.2) is 0 Å². The molecule has 1 unspecified atom stereocenters. The van der Waals surface area contributed by atoms with Crippen molar-refractivity contribution in [3.8, 4) is 17.2 Å². The van der Waals surface area contributed by atoms with Crippen LogP contribution in [0.15, 0.2) is 12.1 Å². The first kappa shape index (κ1) is 15.4. The Hall–Kier alpha value is -1.62. The van der Waals surface area contributed by atoms with Crippen LogP contribution in [-0.2, 0) is 4.79 Å². The van der Waals surface area contributed by atoms with Crippen molar-refractivity contribution >= 4 is 17.6 Å². The Balaban J connectivity index is 3.06. The second-order valence-electron chi connectivity index (χ2n) is 3.85. The number of carboxylic acid groups (broad SMARTS) is 1. The van der Waals surface area contributed by atoms with Gasteiger partial charge in [0.1, 0.15) is 5.75 Å². The normalized spacial score (nSPS) is 11.8. The molecule has 0 aliphatic heterocycles. The van der Waals surface area contributed by atoms with Gasteiger partial charge in [0.25, 0.3) is 0 Å². The number of rotatable bonds is 7. The highest BCUT2D eigenvalue weighted by atomic mass is 35.5. The van der Waals surface area contributed by atoms with Crippen molar-refractivity contribution in [3.05, 3.63) is 17.7 Å². The number of hydrogen-bond acceptors (Lipinski definition) is 4. The van der Waals surface area contributed by atoms with E-state index in [9.17, 15) is 4.79 Å². The van der Waals surface area contributed by atoms with Crippen LogP contribution in [0.5, 0.6) is 17.2 Å². The molecule has 5 nitrogen and oxygen atoms in total. The Labute approximate surface area is 117 Å². The molecular formula is C13H17ClO5.